The lowest BCUT2D eigenvalue weighted by molar-refractivity contribution is -0.127. The maximum atomic E-state index is 11.5. The van der Waals surface area contributed by atoms with Gasteiger partial charge in [-0.15, -0.1) is 0 Å². The molecule has 3 N–H and O–H groups in total. The number of carbonyl (C=O) groups excluding carboxylic acids is 1. The molecule has 5 nitrogen and oxygen atoms in total. The van der Waals surface area contributed by atoms with E-state index in [1.165, 1.54) is 11.3 Å². The summed E-state index contributed by atoms with van der Waals surface area (Å²) >= 11 is 1.36. The first kappa shape index (κ1) is 9.26. The van der Waals surface area contributed by atoms with E-state index in [0.717, 1.165) is 18.1 Å². The second kappa shape index (κ2) is 3.45. The third kappa shape index (κ3) is 1.65. The van der Waals surface area contributed by atoms with E-state index in [1.54, 1.807) is 18.1 Å². The molecule has 1 unspecified atom stereocenters. The quantitative estimate of drug-likeness (QED) is 0.743. The molecule has 1 aromatic rings. The lowest BCUT2D eigenvalue weighted by Crippen LogP contribution is -2.30. The Labute approximate surface area is 85.9 Å². The zero-order valence-electron chi connectivity index (χ0n) is 7.86. The zero-order valence-corrected chi connectivity index (χ0v) is 8.67. The molecule has 1 saturated heterocycles. The number of likely N-dealkylation sites (N-methyl/N-ethyl adjacent to an activating group) is 1. The highest BCUT2D eigenvalue weighted by atomic mass is 32.1. The number of hydrogen-bond donors (Lipinski definition) is 2. The van der Waals surface area contributed by atoms with E-state index in [1.807, 2.05) is 0 Å². The Morgan fingerprint density at radius 3 is 3.07 bits per heavy atom. The first-order valence-corrected chi connectivity index (χ1v) is 5.21. The second-order valence-electron chi connectivity index (χ2n) is 3.31. The van der Waals surface area contributed by atoms with Crippen molar-refractivity contribution in [2.75, 3.05) is 24.6 Å². The molecule has 0 spiro atoms. The van der Waals surface area contributed by atoms with Crippen LogP contribution < -0.4 is 11.1 Å². The molecule has 76 valence electrons. The smallest absolute Gasteiger partial charge is 0.244 e. The van der Waals surface area contributed by atoms with Crippen molar-refractivity contribution in [3.63, 3.8) is 0 Å². The molecule has 1 aromatic heterocycles. The van der Waals surface area contributed by atoms with Crippen LogP contribution in [-0.4, -0.2) is 35.4 Å². The van der Waals surface area contributed by atoms with Crippen LogP contribution in [0, 0.1) is 0 Å². The first-order chi connectivity index (χ1) is 6.66. The molecule has 1 fully saturated rings. The summed E-state index contributed by atoms with van der Waals surface area (Å²) in [5.74, 6) is 0.124. The van der Waals surface area contributed by atoms with Crippen LogP contribution in [0.1, 0.15) is 6.42 Å². The molecule has 0 radical (unpaired) electrons. The molecule has 0 saturated carbocycles. The Morgan fingerprint density at radius 1 is 1.79 bits per heavy atom. The average Bonchev–Trinajstić information content (AvgIpc) is 2.67. The van der Waals surface area contributed by atoms with Crippen molar-refractivity contribution >= 4 is 27.4 Å². The summed E-state index contributed by atoms with van der Waals surface area (Å²) in [6, 6.07) is -0.134. The molecule has 1 aliphatic rings. The van der Waals surface area contributed by atoms with Crippen LogP contribution in [0.5, 0.6) is 0 Å². The Bertz CT molecular complexity index is 351. The highest BCUT2D eigenvalue weighted by molar-refractivity contribution is 7.19. The van der Waals surface area contributed by atoms with Crippen molar-refractivity contribution in [2.45, 2.75) is 12.5 Å². The van der Waals surface area contributed by atoms with Gasteiger partial charge in [-0.3, -0.25) is 4.79 Å². The van der Waals surface area contributed by atoms with Gasteiger partial charge in [0.15, 0.2) is 5.13 Å². The number of hydrogen-bond acceptors (Lipinski definition) is 5. The topological polar surface area (TPSA) is 71.2 Å². The van der Waals surface area contributed by atoms with E-state index < -0.39 is 0 Å². The monoisotopic (exact) mass is 212 g/mol. The van der Waals surface area contributed by atoms with Crippen LogP contribution in [-0.2, 0) is 4.79 Å². The summed E-state index contributed by atoms with van der Waals surface area (Å²) in [5, 5.41) is 4.46. The van der Waals surface area contributed by atoms with Gasteiger partial charge < -0.3 is 16.0 Å². The normalized spacial score (nSPS) is 21.6. The van der Waals surface area contributed by atoms with Crippen molar-refractivity contribution < 1.29 is 4.79 Å². The first-order valence-electron chi connectivity index (χ1n) is 4.39. The van der Waals surface area contributed by atoms with E-state index >= 15 is 0 Å². The molecular formula is C8H12N4OS. The van der Waals surface area contributed by atoms with E-state index in [9.17, 15) is 4.79 Å². The number of nitrogens with zero attached hydrogens (tertiary/aromatic N) is 2. The maximum Gasteiger partial charge on any atom is 0.244 e. The average molecular weight is 212 g/mol. The van der Waals surface area contributed by atoms with Crippen LogP contribution in [0.4, 0.5) is 10.1 Å². The van der Waals surface area contributed by atoms with E-state index in [4.69, 9.17) is 5.73 Å². The van der Waals surface area contributed by atoms with Crippen LogP contribution in [0.2, 0.25) is 0 Å². The highest BCUT2D eigenvalue weighted by Gasteiger charge is 2.29. The minimum Gasteiger partial charge on any atom is -0.389 e. The molecule has 1 atom stereocenters. The van der Waals surface area contributed by atoms with Crippen molar-refractivity contribution in [3.05, 3.63) is 6.20 Å². The third-order valence-corrected chi connectivity index (χ3v) is 3.01. The SMILES string of the molecule is CN1CCC(Nc2ncc(N)s2)C1=O. The number of thiazole rings is 1. The lowest BCUT2D eigenvalue weighted by atomic mass is 10.2. The summed E-state index contributed by atoms with van der Waals surface area (Å²) in [6.45, 7) is 0.803. The van der Waals surface area contributed by atoms with Crippen LogP contribution >= 0.6 is 11.3 Å². The number of nitrogens with two attached hydrogens (primary N) is 1. The summed E-state index contributed by atoms with van der Waals surface area (Å²) in [4.78, 5) is 17.3. The van der Waals surface area contributed by atoms with Crippen molar-refractivity contribution in [2.24, 2.45) is 0 Å². The molecule has 0 aromatic carbocycles. The summed E-state index contributed by atoms with van der Waals surface area (Å²) < 4.78 is 0. The molecule has 14 heavy (non-hydrogen) atoms. The molecular weight excluding hydrogens is 200 g/mol. The van der Waals surface area contributed by atoms with Gasteiger partial charge in [0, 0.05) is 13.6 Å². The van der Waals surface area contributed by atoms with Gasteiger partial charge in [-0.25, -0.2) is 4.98 Å². The van der Waals surface area contributed by atoms with Crippen molar-refractivity contribution in [1.82, 2.24) is 9.88 Å². The number of anilines is 2. The standard InChI is InChI=1S/C8H12N4OS/c1-12-3-2-5(7(12)13)11-8-10-4-6(9)14-8/h4-5H,2-3,9H2,1H3,(H,10,11). The summed E-state index contributed by atoms with van der Waals surface area (Å²) in [5.41, 5.74) is 5.54. The largest absolute Gasteiger partial charge is 0.389 e. The van der Waals surface area contributed by atoms with Crippen LogP contribution in [0.15, 0.2) is 6.20 Å². The number of aromatic nitrogens is 1. The van der Waals surface area contributed by atoms with Gasteiger partial charge in [-0.1, -0.05) is 11.3 Å². The van der Waals surface area contributed by atoms with Gasteiger partial charge in [0.05, 0.1) is 6.20 Å². The van der Waals surface area contributed by atoms with Gasteiger partial charge in [0.1, 0.15) is 11.0 Å². The minimum atomic E-state index is -0.134. The Morgan fingerprint density at radius 2 is 2.57 bits per heavy atom. The predicted octanol–water partition coefficient (Wildman–Crippen LogP) is 0.368. The molecule has 1 amide bonds. The lowest BCUT2D eigenvalue weighted by Gasteiger charge is -2.10. The van der Waals surface area contributed by atoms with Gasteiger partial charge in [-0.05, 0) is 6.42 Å². The molecule has 6 heteroatoms. The molecule has 0 aliphatic carbocycles. The maximum absolute atomic E-state index is 11.5. The Balaban J connectivity index is 2.02. The van der Waals surface area contributed by atoms with E-state index in [-0.39, 0.29) is 11.9 Å². The molecule has 0 bridgehead atoms. The number of nitrogen functional groups attached to an aromatic ring is 1. The number of nitrogens with one attached hydrogen (secondary N) is 1. The van der Waals surface area contributed by atoms with E-state index in [0.29, 0.717) is 5.00 Å². The predicted molar refractivity (Wildman–Crippen MR) is 56.2 cm³/mol. The van der Waals surface area contributed by atoms with E-state index in [2.05, 4.69) is 10.3 Å². The van der Waals surface area contributed by atoms with Crippen molar-refractivity contribution in [3.8, 4) is 0 Å². The molecule has 1 aliphatic heterocycles. The number of rotatable bonds is 2. The van der Waals surface area contributed by atoms with Crippen LogP contribution in [0.3, 0.4) is 0 Å². The number of likely N-dealkylation sites (tertiary alicyclic amines) is 1. The Hall–Kier alpha value is -1.30. The van der Waals surface area contributed by atoms with Gasteiger partial charge in [0.25, 0.3) is 0 Å². The van der Waals surface area contributed by atoms with Crippen LogP contribution in [0.25, 0.3) is 0 Å². The number of amides is 1. The third-order valence-electron chi connectivity index (χ3n) is 2.25. The van der Waals surface area contributed by atoms with Gasteiger partial charge in [-0.2, -0.15) is 0 Å². The zero-order chi connectivity index (χ0) is 10.1. The fraction of sp³-hybridized carbons (Fsp3) is 0.500. The minimum absolute atomic E-state index is 0.124. The summed E-state index contributed by atoms with van der Waals surface area (Å²) in [7, 11) is 1.81. The Kier molecular flexibility index (Phi) is 2.28. The highest BCUT2D eigenvalue weighted by Crippen LogP contribution is 2.22. The number of carbonyl (C=O) groups is 1. The van der Waals surface area contributed by atoms with Crippen molar-refractivity contribution in [1.29, 1.82) is 0 Å². The summed E-state index contributed by atoms with van der Waals surface area (Å²) in [6.07, 6.45) is 2.42. The second-order valence-corrected chi connectivity index (χ2v) is 4.38. The van der Waals surface area contributed by atoms with Gasteiger partial charge in [0.2, 0.25) is 5.91 Å². The molecule has 2 rings (SSSR count). The fourth-order valence-electron chi connectivity index (χ4n) is 1.46. The molecule has 2 heterocycles. The van der Waals surface area contributed by atoms with Gasteiger partial charge >= 0.3 is 0 Å². The fourth-order valence-corrected chi connectivity index (χ4v) is 2.09.